The number of halogens is 3. The van der Waals surface area contributed by atoms with Gasteiger partial charge in [0.2, 0.25) is 0 Å². The van der Waals surface area contributed by atoms with Crippen LogP contribution in [0.1, 0.15) is 55.7 Å². The van der Waals surface area contributed by atoms with Gasteiger partial charge in [0.05, 0.1) is 12.8 Å². The quantitative estimate of drug-likeness (QED) is 0.594. The third-order valence-electron chi connectivity index (χ3n) is 7.30. The van der Waals surface area contributed by atoms with E-state index in [-0.39, 0.29) is 30.8 Å². The number of hydrogen-bond acceptors (Lipinski definition) is 4. The summed E-state index contributed by atoms with van der Waals surface area (Å²) in [5.41, 5.74) is 2.26. The zero-order valence-electron chi connectivity index (χ0n) is 19.7. The minimum Gasteiger partial charge on any atom is -0.469 e. The van der Waals surface area contributed by atoms with E-state index in [0.29, 0.717) is 30.9 Å². The van der Waals surface area contributed by atoms with Crippen LogP contribution < -0.4 is 5.69 Å². The van der Waals surface area contributed by atoms with E-state index in [0.717, 1.165) is 48.1 Å². The topological polar surface area (TPSA) is 73.5 Å². The molecule has 10 heteroatoms. The third-order valence-corrected chi connectivity index (χ3v) is 7.30. The summed E-state index contributed by atoms with van der Waals surface area (Å²) in [7, 11) is 1.39. The van der Waals surface area contributed by atoms with Gasteiger partial charge in [0.25, 0.3) is 0 Å². The maximum atomic E-state index is 13.2. The van der Waals surface area contributed by atoms with E-state index in [4.69, 9.17) is 4.74 Å². The number of hydrogen-bond donors (Lipinski definition) is 0. The molecular weight excluding hydrogens is 463 g/mol. The molecule has 7 nitrogen and oxygen atoms in total. The van der Waals surface area contributed by atoms with E-state index in [1.807, 2.05) is 12.1 Å². The summed E-state index contributed by atoms with van der Waals surface area (Å²) in [4.78, 5) is 37.1. The highest BCUT2D eigenvalue weighted by Crippen LogP contribution is 2.34. The predicted octanol–water partition coefficient (Wildman–Crippen LogP) is 3.81. The van der Waals surface area contributed by atoms with Gasteiger partial charge in [-0.2, -0.15) is 13.2 Å². The number of ether oxygens (including phenoxy) is 1. The van der Waals surface area contributed by atoms with Gasteiger partial charge in [0.15, 0.2) is 0 Å². The zero-order chi connectivity index (χ0) is 25.2. The normalized spacial score (nSPS) is 20.7. The van der Waals surface area contributed by atoms with Gasteiger partial charge in [0.1, 0.15) is 0 Å². The van der Waals surface area contributed by atoms with Crippen LogP contribution >= 0.6 is 0 Å². The summed E-state index contributed by atoms with van der Waals surface area (Å²) < 4.78 is 46.5. The molecule has 1 amide bonds. The van der Waals surface area contributed by atoms with Crippen LogP contribution in [0.3, 0.4) is 0 Å². The molecule has 35 heavy (non-hydrogen) atoms. The van der Waals surface area contributed by atoms with E-state index < -0.39 is 12.1 Å². The van der Waals surface area contributed by atoms with Gasteiger partial charge >= 0.3 is 23.7 Å². The van der Waals surface area contributed by atoms with Crippen molar-refractivity contribution in [2.24, 2.45) is 5.92 Å². The average molecular weight is 494 g/mol. The van der Waals surface area contributed by atoms with Crippen LogP contribution in [-0.4, -0.2) is 52.3 Å². The van der Waals surface area contributed by atoms with E-state index in [9.17, 15) is 27.6 Å². The standard InChI is InChI=1S/C25H30F3N3O4/c1-35-22(32)9-4-17-2-6-20(7-3-17)30-14-15-31(24(30)34)21-8-5-18-10-12-29(13-11-19(18)16-21)23(33)25(26,27)28/h5,8,14-17,20H,2-4,6-7,9-13H2,1H3. The molecule has 1 aliphatic carbocycles. The fourth-order valence-electron chi connectivity index (χ4n) is 5.24. The fourth-order valence-corrected chi connectivity index (χ4v) is 5.24. The summed E-state index contributed by atoms with van der Waals surface area (Å²) in [5, 5.41) is 0. The molecule has 190 valence electrons. The van der Waals surface area contributed by atoms with Crippen molar-refractivity contribution in [1.82, 2.24) is 14.0 Å². The summed E-state index contributed by atoms with van der Waals surface area (Å²) in [5.74, 6) is -1.55. The van der Waals surface area contributed by atoms with E-state index >= 15 is 0 Å². The van der Waals surface area contributed by atoms with Crippen LogP contribution in [0.5, 0.6) is 0 Å². The SMILES string of the molecule is COC(=O)CCC1CCC(n2ccn(-c3ccc4c(c3)CCN(C(=O)C(F)(F)F)CC4)c2=O)CC1. The maximum absolute atomic E-state index is 13.2. The molecule has 1 fully saturated rings. The second-order valence-corrected chi connectivity index (χ2v) is 9.39. The highest BCUT2D eigenvalue weighted by molar-refractivity contribution is 5.82. The Labute approximate surface area is 201 Å². The number of esters is 1. The minimum atomic E-state index is -4.88. The van der Waals surface area contributed by atoms with E-state index in [2.05, 4.69) is 0 Å². The van der Waals surface area contributed by atoms with Crippen molar-refractivity contribution in [3.8, 4) is 5.69 Å². The lowest BCUT2D eigenvalue weighted by Crippen LogP contribution is -2.42. The number of benzene rings is 1. The van der Waals surface area contributed by atoms with Crippen molar-refractivity contribution in [2.75, 3.05) is 20.2 Å². The van der Waals surface area contributed by atoms with Crippen molar-refractivity contribution in [2.45, 2.75) is 63.6 Å². The van der Waals surface area contributed by atoms with Crippen molar-refractivity contribution >= 4 is 11.9 Å². The Balaban J connectivity index is 1.43. The van der Waals surface area contributed by atoms with Crippen LogP contribution in [0.25, 0.3) is 5.69 Å². The average Bonchev–Trinajstić information content (AvgIpc) is 3.10. The Hall–Kier alpha value is -3.04. The molecule has 0 radical (unpaired) electrons. The predicted molar refractivity (Wildman–Crippen MR) is 122 cm³/mol. The maximum Gasteiger partial charge on any atom is 0.471 e. The first-order valence-corrected chi connectivity index (χ1v) is 12.0. The monoisotopic (exact) mass is 493 g/mol. The lowest BCUT2D eigenvalue weighted by atomic mass is 9.83. The molecule has 1 aromatic heterocycles. The number of fused-ring (bicyclic) bond motifs is 1. The first-order valence-electron chi connectivity index (χ1n) is 12.0. The molecule has 0 spiro atoms. The second kappa shape index (κ2) is 10.3. The molecule has 1 saturated carbocycles. The molecule has 0 saturated heterocycles. The summed E-state index contributed by atoms with van der Waals surface area (Å²) >= 11 is 0. The molecule has 0 atom stereocenters. The van der Waals surface area contributed by atoms with Gasteiger partial charge in [-0.15, -0.1) is 0 Å². The summed E-state index contributed by atoms with van der Waals surface area (Å²) in [6, 6.07) is 5.57. The molecule has 2 heterocycles. The summed E-state index contributed by atoms with van der Waals surface area (Å²) in [6.45, 7) is 0.00719. The van der Waals surface area contributed by atoms with Gasteiger partial charge in [-0.25, -0.2) is 4.79 Å². The van der Waals surface area contributed by atoms with Crippen LogP contribution in [-0.2, 0) is 27.2 Å². The van der Waals surface area contributed by atoms with Crippen molar-refractivity contribution in [1.29, 1.82) is 0 Å². The third kappa shape index (κ3) is 5.62. The molecule has 2 aliphatic rings. The van der Waals surface area contributed by atoms with Gasteiger partial charge in [-0.05, 0) is 74.1 Å². The van der Waals surface area contributed by atoms with Gasteiger partial charge in [-0.1, -0.05) is 6.07 Å². The number of amides is 1. The Morgan fingerprint density at radius 2 is 1.71 bits per heavy atom. The number of carbonyl (C=O) groups excluding carboxylic acids is 2. The minimum absolute atomic E-state index is 0.00999. The first kappa shape index (κ1) is 25.1. The number of imidazole rings is 1. The van der Waals surface area contributed by atoms with Crippen molar-refractivity contribution in [3.05, 3.63) is 52.2 Å². The van der Waals surface area contributed by atoms with Crippen LogP contribution in [0.4, 0.5) is 13.2 Å². The van der Waals surface area contributed by atoms with Crippen LogP contribution in [0.2, 0.25) is 0 Å². The Morgan fingerprint density at radius 3 is 2.37 bits per heavy atom. The highest BCUT2D eigenvalue weighted by atomic mass is 19.4. The largest absolute Gasteiger partial charge is 0.471 e. The lowest BCUT2D eigenvalue weighted by molar-refractivity contribution is -0.185. The fraction of sp³-hybridized carbons (Fsp3) is 0.560. The number of aromatic nitrogens is 2. The van der Waals surface area contributed by atoms with E-state index in [1.54, 1.807) is 27.6 Å². The molecule has 0 bridgehead atoms. The Morgan fingerprint density at radius 1 is 1.03 bits per heavy atom. The summed E-state index contributed by atoms with van der Waals surface area (Å²) in [6.07, 6.45) is 4.13. The molecule has 1 aromatic carbocycles. The molecule has 2 aromatic rings. The second-order valence-electron chi connectivity index (χ2n) is 9.39. The van der Waals surface area contributed by atoms with Gasteiger partial charge in [-0.3, -0.25) is 18.7 Å². The molecular formula is C25H30F3N3O4. The number of nitrogens with zero attached hydrogens (tertiary/aromatic N) is 3. The Kier molecular flexibility index (Phi) is 7.37. The van der Waals surface area contributed by atoms with Crippen LogP contribution in [0, 0.1) is 5.92 Å². The highest BCUT2D eigenvalue weighted by Gasteiger charge is 2.42. The van der Waals surface area contributed by atoms with Crippen molar-refractivity contribution in [3.63, 3.8) is 0 Å². The molecule has 0 N–H and O–H groups in total. The smallest absolute Gasteiger partial charge is 0.469 e. The van der Waals surface area contributed by atoms with Crippen LogP contribution in [0.15, 0.2) is 35.4 Å². The number of rotatable bonds is 5. The molecule has 0 unspecified atom stereocenters. The number of alkyl halides is 3. The number of methoxy groups -OCH3 is 1. The number of carbonyl (C=O) groups is 2. The van der Waals surface area contributed by atoms with E-state index in [1.165, 1.54) is 7.11 Å². The zero-order valence-corrected chi connectivity index (χ0v) is 19.7. The molecule has 4 rings (SSSR count). The van der Waals surface area contributed by atoms with Crippen molar-refractivity contribution < 1.29 is 27.5 Å². The Bertz CT molecular complexity index is 1130. The van der Waals surface area contributed by atoms with Gasteiger partial charge < -0.3 is 9.64 Å². The molecule has 1 aliphatic heterocycles. The van der Waals surface area contributed by atoms with Gasteiger partial charge in [0, 0.05) is 37.9 Å². The lowest BCUT2D eigenvalue weighted by Gasteiger charge is -2.28. The first-order chi connectivity index (χ1) is 16.7.